The molecule has 0 unspecified atom stereocenters. The molecule has 0 heterocycles. The Balaban J connectivity index is 2.27. The summed E-state index contributed by atoms with van der Waals surface area (Å²) in [6.07, 6.45) is 9.21. The van der Waals surface area contributed by atoms with Crippen LogP contribution in [0.15, 0.2) is 22.7 Å². The quantitative estimate of drug-likeness (QED) is 0.486. The molecule has 0 atom stereocenters. The molecule has 0 fully saturated rings. The van der Waals surface area contributed by atoms with Crippen molar-refractivity contribution in [3.63, 3.8) is 0 Å². The molecule has 1 rings (SSSR count). The third-order valence-electron chi connectivity index (χ3n) is 3.61. The molecule has 1 aromatic carbocycles. The highest BCUT2D eigenvalue weighted by Crippen LogP contribution is 2.29. The minimum Gasteiger partial charge on any atom is -0.492 e. The van der Waals surface area contributed by atoms with E-state index in [2.05, 4.69) is 53.3 Å². The maximum atomic E-state index is 6.01. The molecular weight excluding hydrogens is 326 g/mol. The van der Waals surface area contributed by atoms with Crippen LogP contribution in [0.25, 0.3) is 0 Å². The first-order chi connectivity index (χ1) is 10.3. The number of para-hydroxylation sites is 1. The average Bonchev–Trinajstić information content (AvgIpc) is 2.49. The summed E-state index contributed by atoms with van der Waals surface area (Å²) in [5.74, 6) is 1.00. The van der Waals surface area contributed by atoms with Crippen molar-refractivity contribution in [1.82, 2.24) is 5.32 Å². The standard InChI is InChI=1S/C18H30BrNO/c1-3-5-6-7-8-9-10-14-21-18-16(15-20-4-2)12-11-13-17(18)19/h11-13,20H,3-10,14-15H2,1-2H3. The second-order valence-electron chi connectivity index (χ2n) is 5.48. The van der Waals surface area contributed by atoms with Crippen LogP contribution in [0.2, 0.25) is 0 Å². The molecule has 120 valence electrons. The number of nitrogens with one attached hydrogen (secondary N) is 1. The zero-order chi connectivity index (χ0) is 15.3. The lowest BCUT2D eigenvalue weighted by molar-refractivity contribution is 0.299. The third kappa shape index (κ3) is 7.87. The summed E-state index contributed by atoms with van der Waals surface area (Å²) in [7, 11) is 0. The fourth-order valence-corrected chi connectivity index (χ4v) is 2.87. The molecule has 1 aromatic rings. The van der Waals surface area contributed by atoms with Gasteiger partial charge in [0.05, 0.1) is 11.1 Å². The predicted molar refractivity (Wildman–Crippen MR) is 95.0 cm³/mol. The molecule has 0 saturated carbocycles. The van der Waals surface area contributed by atoms with Gasteiger partial charge < -0.3 is 10.1 Å². The van der Waals surface area contributed by atoms with Gasteiger partial charge >= 0.3 is 0 Å². The maximum absolute atomic E-state index is 6.01. The van der Waals surface area contributed by atoms with Gasteiger partial charge in [-0.2, -0.15) is 0 Å². The molecule has 3 heteroatoms. The van der Waals surface area contributed by atoms with Crippen molar-refractivity contribution in [1.29, 1.82) is 0 Å². The Kier molecular flexibility index (Phi) is 10.6. The fourth-order valence-electron chi connectivity index (χ4n) is 2.35. The lowest BCUT2D eigenvalue weighted by Crippen LogP contribution is -2.13. The molecule has 1 N–H and O–H groups in total. The van der Waals surface area contributed by atoms with Crippen LogP contribution in [0, 0.1) is 0 Å². The summed E-state index contributed by atoms with van der Waals surface area (Å²) < 4.78 is 7.06. The zero-order valence-electron chi connectivity index (χ0n) is 13.6. The van der Waals surface area contributed by atoms with Gasteiger partial charge in [0.1, 0.15) is 5.75 Å². The first-order valence-corrected chi connectivity index (χ1v) is 9.19. The zero-order valence-corrected chi connectivity index (χ0v) is 15.2. The molecule has 2 nitrogen and oxygen atoms in total. The van der Waals surface area contributed by atoms with Gasteiger partial charge in [-0.15, -0.1) is 0 Å². The van der Waals surface area contributed by atoms with E-state index in [1.165, 1.54) is 44.1 Å². The Labute approximate surface area is 138 Å². The van der Waals surface area contributed by atoms with Crippen LogP contribution in [0.4, 0.5) is 0 Å². The van der Waals surface area contributed by atoms with Crippen LogP contribution in [-0.4, -0.2) is 13.2 Å². The van der Waals surface area contributed by atoms with E-state index in [-0.39, 0.29) is 0 Å². The van der Waals surface area contributed by atoms with Crippen LogP contribution >= 0.6 is 15.9 Å². The summed E-state index contributed by atoms with van der Waals surface area (Å²) in [5, 5.41) is 3.36. The van der Waals surface area contributed by atoms with Gasteiger partial charge in [-0.25, -0.2) is 0 Å². The van der Waals surface area contributed by atoms with E-state index in [0.717, 1.165) is 36.3 Å². The van der Waals surface area contributed by atoms with E-state index in [9.17, 15) is 0 Å². The second-order valence-corrected chi connectivity index (χ2v) is 6.33. The van der Waals surface area contributed by atoms with Gasteiger partial charge in [0.15, 0.2) is 0 Å². The molecule has 0 aliphatic carbocycles. The van der Waals surface area contributed by atoms with Crippen LogP contribution in [0.3, 0.4) is 0 Å². The van der Waals surface area contributed by atoms with Gasteiger partial charge in [-0.1, -0.05) is 64.5 Å². The number of benzene rings is 1. The average molecular weight is 356 g/mol. The van der Waals surface area contributed by atoms with Crippen molar-refractivity contribution in [3.05, 3.63) is 28.2 Å². The monoisotopic (exact) mass is 355 g/mol. The van der Waals surface area contributed by atoms with Crippen molar-refractivity contribution >= 4 is 15.9 Å². The van der Waals surface area contributed by atoms with E-state index < -0.39 is 0 Å². The SMILES string of the molecule is CCCCCCCCCOc1c(Br)cccc1CNCC. The second kappa shape index (κ2) is 12.0. The minimum atomic E-state index is 0.815. The predicted octanol–water partition coefficient (Wildman–Crippen LogP) is 5.69. The lowest BCUT2D eigenvalue weighted by atomic mass is 10.1. The number of rotatable bonds is 12. The lowest BCUT2D eigenvalue weighted by Gasteiger charge is -2.13. The van der Waals surface area contributed by atoms with Crippen LogP contribution < -0.4 is 10.1 Å². The van der Waals surface area contributed by atoms with Crippen LogP contribution in [0.5, 0.6) is 5.75 Å². The number of unbranched alkanes of at least 4 members (excludes halogenated alkanes) is 6. The van der Waals surface area contributed by atoms with Crippen molar-refractivity contribution in [2.45, 2.75) is 65.3 Å². The number of hydrogen-bond donors (Lipinski definition) is 1. The fraction of sp³-hybridized carbons (Fsp3) is 0.667. The molecule has 0 bridgehead atoms. The first kappa shape index (κ1) is 18.5. The van der Waals surface area contributed by atoms with Crippen LogP contribution in [-0.2, 0) is 6.54 Å². The highest BCUT2D eigenvalue weighted by Gasteiger charge is 2.07. The topological polar surface area (TPSA) is 21.3 Å². The number of ether oxygens (including phenoxy) is 1. The van der Waals surface area contributed by atoms with Crippen molar-refractivity contribution in [2.24, 2.45) is 0 Å². The van der Waals surface area contributed by atoms with E-state index in [0.29, 0.717) is 0 Å². The van der Waals surface area contributed by atoms with E-state index in [1.54, 1.807) is 0 Å². The van der Waals surface area contributed by atoms with Crippen molar-refractivity contribution in [2.75, 3.05) is 13.2 Å². The summed E-state index contributed by atoms with van der Waals surface area (Å²) >= 11 is 3.60. The van der Waals surface area contributed by atoms with Gasteiger partial charge in [0.2, 0.25) is 0 Å². The summed E-state index contributed by atoms with van der Waals surface area (Å²) in [6.45, 7) is 7.04. The van der Waals surface area contributed by atoms with E-state index >= 15 is 0 Å². The molecule has 0 aliphatic heterocycles. The highest BCUT2D eigenvalue weighted by atomic mass is 79.9. The highest BCUT2D eigenvalue weighted by molar-refractivity contribution is 9.10. The maximum Gasteiger partial charge on any atom is 0.137 e. The Hall–Kier alpha value is -0.540. The largest absolute Gasteiger partial charge is 0.492 e. The number of halogens is 1. The summed E-state index contributed by atoms with van der Waals surface area (Å²) in [6, 6.07) is 6.25. The van der Waals surface area contributed by atoms with Crippen molar-refractivity contribution in [3.8, 4) is 5.75 Å². The Bertz CT molecular complexity index is 381. The molecule has 0 aromatic heterocycles. The van der Waals surface area contributed by atoms with E-state index in [1.807, 2.05) is 0 Å². The normalized spacial score (nSPS) is 10.8. The Morgan fingerprint density at radius 3 is 2.43 bits per heavy atom. The van der Waals surface area contributed by atoms with Gasteiger partial charge in [0.25, 0.3) is 0 Å². The molecule has 0 spiro atoms. The molecule has 0 aliphatic rings. The summed E-state index contributed by atoms with van der Waals surface area (Å²) in [5.41, 5.74) is 1.23. The van der Waals surface area contributed by atoms with Gasteiger partial charge in [-0.3, -0.25) is 0 Å². The molecule has 21 heavy (non-hydrogen) atoms. The third-order valence-corrected chi connectivity index (χ3v) is 4.23. The summed E-state index contributed by atoms with van der Waals surface area (Å²) in [4.78, 5) is 0. The molecular formula is C18H30BrNO. The smallest absolute Gasteiger partial charge is 0.137 e. The Morgan fingerprint density at radius 2 is 1.71 bits per heavy atom. The molecule has 0 saturated heterocycles. The van der Waals surface area contributed by atoms with Gasteiger partial charge in [0, 0.05) is 12.1 Å². The number of hydrogen-bond acceptors (Lipinski definition) is 2. The minimum absolute atomic E-state index is 0.815. The van der Waals surface area contributed by atoms with Crippen molar-refractivity contribution < 1.29 is 4.74 Å². The first-order valence-electron chi connectivity index (χ1n) is 8.40. The van der Waals surface area contributed by atoms with Gasteiger partial charge in [-0.05, 0) is 35.0 Å². The Morgan fingerprint density at radius 1 is 1.00 bits per heavy atom. The van der Waals surface area contributed by atoms with Crippen LogP contribution in [0.1, 0.15) is 64.4 Å². The molecule has 0 radical (unpaired) electrons. The van der Waals surface area contributed by atoms with E-state index in [4.69, 9.17) is 4.74 Å². The molecule has 0 amide bonds.